The van der Waals surface area contributed by atoms with Crippen LogP contribution in [0, 0.1) is 6.92 Å². The Kier molecular flexibility index (Phi) is 4.16. The first-order valence-electron chi connectivity index (χ1n) is 6.04. The number of hydrogen-bond donors (Lipinski definition) is 2. The van der Waals surface area contributed by atoms with Gasteiger partial charge < -0.3 is 10.6 Å². The van der Waals surface area contributed by atoms with Crippen LogP contribution in [-0.4, -0.2) is 21.2 Å². The van der Waals surface area contributed by atoms with Crippen LogP contribution < -0.4 is 10.6 Å². The summed E-state index contributed by atoms with van der Waals surface area (Å²) in [5.41, 5.74) is 1.99. The normalized spacial score (nSPS) is 10.6. The number of rotatable bonds is 4. The van der Waals surface area contributed by atoms with Gasteiger partial charge in [-0.2, -0.15) is 10.1 Å². The molecule has 0 bridgehead atoms. The molecule has 0 saturated carbocycles. The largest absolute Gasteiger partial charge is 0.351 e. The van der Waals surface area contributed by atoms with E-state index in [0.29, 0.717) is 16.8 Å². The van der Waals surface area contributed by atoms with Crippen LogP contribution in [0.2, 0.25) is 5.02 Å². The molecule has 2 rings (SSSR count). The van der Waals surface area contributed by atoms with Gasteiger partial charge >= 0.3 is 0 Å². The van der Waals surface area contributed by atoms with Crippen molar-refractivity contribution in [2.24, 2.45) is 0 Å². The molecular formula is C13H16ClN5. The van der Waals surface area contributed by atoms with E-state index in [0.717, 1.165) is 11.3 Å². The lowest BCUT2D eigenvalue weighted by Gasteiger charge is -2.11. The van der Waals surface area contributed by atoms with E-state index in [1.807, 2.05) is 39.0 Å². The number of benzene rings is 1. The van der Waals surface area contributed by atoms with Gasteiger partial charge in [-0.25, -0.2) is 0 Å². The fraction of sp³-hybridized carbons (Fsp3) is 0.308. The predicted molar refractivity (Wildman–Crippen MR) is 78.1 cm³/mol. The van der Waals surface area contributed by atoms with Crippen molar-refractivity contribution in [3.05, 3.63) is 35.0 Å². The highest BCUT2D eigenvalue weighted by atomic mass is 35.5. The third-order valence-electron chi connectivity index (χ3n) is 2.44. The Bertz CT molecular complexity index is 571. The minimum Gasteiger partial charge on any atom is -0.351 e. The Morgan fingerprint density at radius 2 is 2.05 bits per heavy atom. The second-order valence-corrected chi connectivity index (χ2v) is 4.98. The van der Waals surface area contributed by atoms with Gasteiger partial charge in [-0.1, -0.05) is 17.7 Å². The summed E-state index contributed by atoms with van der Waals surface area (Å²) in [6.07, 6.45) is 1.58. The minimum absolute atomic E-state index is 0.255. The summed E-state index contributed by atoms with van der Waals surface area (Å²) in [4.78, 5) is 4.34. The van der Waals surface area contributed by atoms with E-state index < -0.39 is 0 Å². The molecule has 2 aromatic rings. The van der Waals surface area contributed by atoms with E-state index >= 15 is 0 Å². The van der Waals surface area contributed by atoms with Gasteiger partial charge in [-0.05, 0) is 38.5 Å². The number of hydrogen-bond acceptors (Lipinski definition) is 5. The number of halogens is 1. The first kappa shape index (κ1) is 13.5. The first-order chi connectivity index (χ1) is 9.04. The van der Waals surface area contributed by atoms with E-state index in [2.05, 4.69) is 25.8 Å². The van der Waals surface area contributed by atoms with Crippen molar-refractivity contribution in [1.29, 1.82) is 0 Å². The standard InChI is InChI=1S/C13H16ClN5/c1-8(2)16-13-18-12(7-15-19-13)17-11-6-10(14)5-4-9(11)3/h4-8H,1-3H3,(H2,16,17,18,19). The minimum atomic E-state index is 0.255. The molecular weight excluding hydrogens is 262 g/mol. The van der Waals surface area contributed by atoms with Crippen molar-refractivity contribution in [2.75, 3.05) is 10.6 Å². The molecule has 5 nitrogen and oxygen atoms in total. The molecule has 0 aliphatic heterocycles. The highest BCUT2D eigenvalue weighted by Crippen LogP contribution is 2.23. The van der Waals surface area contributed by atoms with Crippen LogP contribution in [0.4, 0.5) is 17.5 Å². The quantitative estimate of drug-likeness (QED) is 0.897. The summed E-state index contributed by atoms with van der Waals surface area (Å²) in [6, 6.07) is 5.91. The van der Waals surface area contributed by atoms with Crippen LogP contribution in [0.5, 0.6) is 0 Å². The average molecular weight is 278 g/mol. The van der Waals surface area contributed by atoms with Gasteiger partial charge in [0.15, 0.2) is 5.82 Å². The number of anilines is 3. The molecule has 0 radical (unpaired) electrons. The third-order valence-corrected chi connectivity index (χ3v) is 2.67. The van der Waals surface area contributed by atoms with E-state index in [9.17, 15) is 0 Å². The summed E-state index contributed by atoms with van der Waals surface area (Å²) < 4.78 is 0. The second-order valence-electron chi connectivity index (χ2n) is 4.55. The molecule has 2 N–H and O–H groups in total. The molecule has 1 heterocycles. The van der Waals surface area contributed by atoms with Crippen molar-refractivity contribution in [3.63, 3.8) is 0 Å². The van der Waals surface area contributed by atoms with Gasteiger partial charge in [0.1, 0.15) is 0 Å². The molecule has 0 unspecified atom stereocenters. The smallest absolute Gasteiger partial charge is 0.244 e. The lowest BCUT2D eigenvalue weighted by Crippen LogP contribution is -2.13. The van der Waals surface area contributed by atoms with Crippen LogP contribution in [0.15, 0.2) is 24.4 Å². The van der Waals surface area contributed by atoms with E-state index in [-0.39, 0.29) is 6.04 Å². The molecule has 1 aromatic carbocycles. The average Bonchev–Trinajstić information content (AvgIpc) is 2.33. The maximum absolute atomic E-state index is 5.98. The van der Waals surface area contributed by atoms with Gasteiger partial charge in [0.25, 0.3) is 0 Å². The zero-order valence-corrected chi connectivity index (χ0v) is 11.9. The molecule has 0 atom stereocenters. The number of aromatic nitrogens is 3. The Morgan fingerprint density at radius 3 is 2.79 bits per heavy atom. The summed E-state index contributed by atoms with van der Waals surface area (Å²) in [7, 11) is 0. The molecule has 0 fully saturated rings. The van der Waals surface area contributed by atoms with Crippen LogP contribution in [0.1, 0.15) is 19.4 Å². The Morgan fingerprint density at radius 1 is 1.26 bits per heavy atom. The first-order valence-corrected chi connectivity index (χ1v) is 6.42. The zero-order valence-electron chi connectivity index (χ0n) is 11.1. The van der Waals surface area contributed by atoms with Crippen LogP contribution in [0.3, 0.4) is 0 Å². The maximum atomic E-state index is 5.98. The molecule has 0 amide bonds. The highest BCUT2D eigenvalue weighted by Gasteiger charge is 2.04. The molecule has 100 valence electrons. The van der Waals surface area contributed by atoms with E-state index in [4.69, 9.17) is 11.6 Å². The second kappa shape index (κ2) is 5.84. The van der Waals surface area contributed by atoms with E-state index in [1.54, 1.807) is 6.20 Å². The van der Waals surface area contributed by atoms with Crippen LogP contribution in [0.25, 0.3) is 0 Å². The van der Waals surface area contributed by atoms with Gasteiger partial charge in [-0.15, -0.1) is 5.10 Å². The van der Waals surface area contributed by atoms with Crippen molar-refractivity contribution < 1.29 is 0 Å². The Labute approximate surface area is 117 Å². The van der Waals surface area contributed by atoms with Gasteiger partial charge in [0, 0.05) is 16.8 Å². The predicted octanol–water partition coefficient (Wildman–Crippen LogP) is 3.40. The molecule has 19 heavy (non-hydrogen) atoms. The van der Waals surface area contributed by atoms with Gasteiger partial charge in [0.05, 0.1) is 6.20 Å². The maximum Gasteiger partial charge on any atom is 0.244 e. The molecule has 6 heteroatoms. The van der Waals surface area contributed by atoms with Crippen LogP contribution >= 0.6 is 11.6 Å². The Hall–Kier alpha value is -1.88. The van der Waals surface area contributed by atoms with Gasteiger partial charge in [-0.3, -0.25) is 0 Å². The lowest BCUT2D eigenvalue weighted by atomic mass is 10.2. The SMILES string of the molecule is Cc1ccc(Cl)cc1Nc1cnnc(NC(C)C)n1. The lowest BCUT2D eigenvalue weighted by molar-refractivity contribution is 0.852. The fourth-order valence-electron chi connectivity index (χ4n) is 1.55. The topological polar surface area (TPSA) is 62.7 Å². The molecule has 0 spiro atoms. The Balaban J connectivity index is 2.21. The highest BCUT2D eigenvalue weighted by molar-refractivity contribution is 6.30. The van der Waals surface area contributed by atoms with Crippen molar-refractivity contribution >= 4 is 29.1 Å². The van der Waals surface area contributed by atoms with Crippen molar-refractivity contribution in [3.8, 4) is 0 Å². The third kappa shape index (κ3) is 3.79. The van der Waals surface area contributed by atoms with Gasteiger partial charge in [0.2, 0.25) is 5.95 Å². The van der Waals surface area contributed by atoms with Crippen molar-refractivity contribution in [2.45, 2.75) is 26.8 Å². The number of aryl methyl sites for hydroxylation is 1. The van der Waals surface area contributed by atoms with Crippen molar-refractivity contribution in [1.82, 2.24) is 15.2 Å². The molecule has 0 aliphatic carbocycles. The number of nitrogens with zero attached hydrogens (tertiary/aromatic N) is 3. The summed E-state index contributed by atoms with van der Waals surface area (Å²) in [5.74, 6) is 1.13. The number of nitrogens with one attached hydrogen (secondary N) is 2. The van der Waals surface area contributed by atoms with Crippen LogP contribution in [-0.2, 0) is 0 Å². The summed E-state index contributed by atoms with van der Waals surface area (Å²) in [6.45, 7) is 6.04. The zero-order chi connectivity index (χ0) is 13.8. The van der Waals surface area contributed by atoms with E-state index in [1.165, 1.54) is 0 Å². The summed E-state index contributed by atoms with van der Waals surface area (Å²) in [5, 5.41) is 14.8. The molecule has 0 aliphatic rings. The molecule has 1 aromatic heterocycles. The summed E-state index contributed by atoms with van der Waals surface area (Å²) >= 11 is 5.98. The monoisotopic (exact) mass is 277 g/mol. The fourth-order valence-corrected chi connectivity index (χ4v) is 1.72. The molecule has 0 saturated heterocycles.